The molecule has 0 heterocycles. The molecule has 1 nitrogen and oxygen atoms in total. The quantitative estimate of drug-likeness (QED) is 0.187. The molecule has 9 rings (SSSR count). The van der Waals surface area contributed by atoms with E-state index in [1.807, 2.05) is 0 Å². The van der Waals surface area contributed by atoms with Crippen LogP contribution >= 0.6 is 0 Å². The first kappa shape index (κ1) is 28.3. The molecule has 0 aromatic heterocycles. The van der Waals surface area contributed by atoms with E-state index in [0.29, 0.717) is 0 Å². The minimum absolute atomic E-state index is 0.180. The van der Waals surface area contributed by atoms with E-state index in [2.05, 4.69) is 195 Å². The average Bonchev–Trinajstić information content (AvgIpc) is 3.38. The number of rotatable bonds is 5. The van der Waals surface area contributed by atoms with E-state index in [4.69, 9.17) is 0 Å². The van der Waals surface area contributed by atoms with Crippen LogP contribution in [0.4, 0.5) is 17.1 Å². The molecule has 1 heteroatoms. The van der Waals surface area contributed by atoms with Gasteiger partial charge in [-0.3, -0.25) is 0 Å². The summed E-state index contributed by atoms with van der Waals surface area (Å²) in [5.41, 5.74) is 13.5. The maximum Gasteiger partial charge on any atom is 0.0546 e. The molecule has 48 heavy (non-hydrogen) atoms. The maximum absolute atomic E-state index is 2.52. The lowest BCUT2D eigenvalue weighted by atomic mass is 9.81. The van der Waals surface area contributed by atoms with E-state index < -0.39 is 0 Å². The Hall–Kier alpha value is -5.92. The van der Waals surface area contributed by atoms with Gasteiger partial charge in [0.15, 0.2) is 0 Å². The third-order valence-corrected chi connectivity index (χ3v) is 10.2. The van der Waals surface area contributed by atoms with Gasteiger partial charge < -0.3 is 4.90 Å². The molecule has 228 valence electrons. The maximum atomic E-state index is 2.52. The van der Waals surface area contributed by atoms with Gasteiger partial charge in [-0.25, -0.2) is 0 Å². The van der Waals surface area contributed by atoms with Crippen molar-refractivity contribution in [3.63, 3.8) is 0 Å². The molecule has 0 N–H and O–H groups in total. The highest BCUT2D eigenvalue weighted by molar-refractivity contribution is 6.06. The second-order valence-corrected chi connectivity index (χ2v) is 13.4. The van der Waals surface area contributed by atoms with Gasteiger partial charge >= 0.3 is 0 Å². The summed E-state index contributed by atoms with van der Waals surface area (Å²) >= 11 is 0. The fourth-order valence-electron chi connectivity index (χ4n) is 7.96. The Bertz CT molecular complexity index is 2490. The van der Waals surface area contributed by atoms with Crippen LogP contribution in [0.1, 0.15) is 25.0 Å². The molecule has 0 saturated heterocycles. The molecule has 0 atom stereocenters. The van der Waals surface area contributed by atoms with Crippen LogP contribution in [0.5, 0.6) is 0 Å². The summed E-state index contributed by atoms with van der Waals surface area (Å²) in [5.74, 6) is 0. The van der Waals surface area contributed by atoms with Crippen LogP contribution in [0.25, 0.3) is 54.9 Å². The number of anilines is 3. The van der Waals surface area contributed by atoms with Crippen molar-refractivity contribution in [3.8, 4) is 33.4 Å². The fraction of sp³-hybridized carbons (Fsp3) is 0.0638. The Labute approximate surface area is 282 Å². The molecule has 8 aromatic rings. The van der Waals surface area contributed by atoms with E-state index in [-0.39, 0.29) is 5.41 Å². The van der Waals surface area contributed by atoms with Gasteiger partial charge in [0, 0.05) is 16.7 Å². The zero-order chi connectivity index (χ0) is 32.2. The standard InChI is InChI=1S/C47H35N/c1-47(2)42-24-11-10-22-40(42)41-23-13-25-44(46(41)47)48(38-20-12-19-36(31-38)37-27-26-32-14-6-7-18-35(32)30-37)43-29-28-33-15-8-9-21-39(33)45(43)34-16-4-3-5-17-34/h3-31H,1-2H3. The largest absolute Gasteiger partial charge is 0.309 e. The zero-order valence-corrected chi connectivity index (χ0v) is 27.2. The van der Waals surface area contributed by atoms with Crippen LogP contribution in [0.2, 0.25) is 0 Å². The third kappa shape index (κ3) is 4.47. The molecular formula is C47H35N. The van der Waals surface area contributed by atoms with Crippen molar-refractivity contribution in [1.29, 1.82) is 0 Å². The van der Waals surface area contributed by atoms with Crippen molar-refractivity contribution < 1.29 is 0 Å². The summed E-state index contributed by atoms with van der Waals surface area (Å²) < 4.78 is 0. The molecule has 0 bridgehead atoms. The Balaban J connectivity index is 1.34. The van der Waals surface area contributed by atoms with Crippen LogP contribution < -0.4 is 4.90 Å². The second kappa shape index (κ2) is 11.1. The van der Waals surface area contributed by atoms with Crippen molar-refractivity contribution in [2.45, 2.75) is 19.3 Å². The zero-order valence-electron chi connectivity index (χ0n) is 27.2. The van der Waals surface area contributed by atoms with Gasteiger partial charge in [-0.2, -0.15) is 0 Å². The minimum atomic E-state index is -0.180. The SMILES string of the molecule is CC1(C)c2ccccc2-c2cccc(N(c3cccc(-c4ccc5ccccc5c4)c3)c3ccc4ccccc4c3-c3ccccc3)c21. The summed E-state index contributed by atoms with van der Waals surface area (Å²) in [5, 5.41) is 4.98. The molecule has 0 amide bonds. The van der Waals surface area contributed by atoms with Gasteiger partial charge in [-0.15, -0.1) is 0 Å². The van der Waals surface area contributed by atoms with E-state index in [9.17, 15) is 0 Å². The molecule has 1 aliphatic rings. The van der Waals surface area contributed by atoms with E-state index in [0.717, 1.165) is 11.4 Å². The normalized spacial score (nSPS) is 13.0. The van der Waals surface area contributed by atoms with Crippen LogP contribution in [0.15, 0.2) is 176 Å². The highest BCUT2D eigenvalue weighted by Gasteiger charge is 2.39. The minimum Gasteiger partial charge on any atom is -0.309 e. The molecule has 8 aromatic carbocycles. The fourth-order valence-corrected chi connectivity index (χ4v) is 7.96. The summed E-state index contributed by atoms with van der Waals surface area (Å²) in [4.78, 5) is 2.52. The van der Waals surface area contributed by atoms with Gasteiger partial charge in [-0.05, 0) is 90.8 Å². The summed E-state index contributed by atoms with van der Waals surface area (Å²) in [7, 11) is 0. The van der Waals surface area contributed by atoms with Gasteiger partial charge in [0.05, 0.1) is 11.4 Å². The van der Waals surface area contributed by atoms with Gasteiger partial charge in [-0.1, -0.05) is 159 Å². The summed E-state index contributed by atoms with van der Waals surface area (Å²) in [6, 6.07) is 64.5. The van der Waals surface area contributed by atoms with Crippen molar-refractivity contribution in [2.75, 3.05) is 4.90 Å². The lowest BCUT2D eigenvalue weighted by molar-refractivity contribution is 0.661. The van der Waals surface area contributed by atoms with E-state index in [1.54, 1.807) is 0 Å². The number of hydrogen-bond acceptors (Lipinski definition) is 1. The molecule has 0 spiro atoms. The first-order chi connectivity index (χ1) is 23.6. The number of nitrogens with zero attached hydrogens (tertiary/aromatic N) is 1. The molecule has 1 aliphatic carbocycles. The van der Waals surface area contributed by atoms with Gasteiger partial charge in [0.1, 0.15) is 0 Å². The molecule has 0 radical (unpaired) electrons. The number of hydrogen-bond donors (Lipinski definition) is 0. The van der Waals surface area contributed by atoms with Gasteiger partial charge in [0.2, 0.25) is 0 Å². The molecule has 0 saturated carbocycles. The van der Waals surface area contributed by atoms with Crippen molar-refractivity contribution in [2.24, 2.45) is 0 Å². The van der Waals surface area contributed by atoms with Crippen molar-refractivity contribution in [1.82, 2.24) is 0 Å². The van der Waals surface area contributed by atoms with Crippen molar-refractivity contribution in [3.05, 3.63) is 187 Å². The summed E-state index contributed by atoms with van der Waals surface area (Å²) in [6.45, 7) is 4.76. The van der Waals surface area contributed by atoms with Crippen LogP contribution in [0.3, 0.4) is 0 Å². The average molecular weight is 614 g/mol. The predicted molar refractivity (Wildman–Crippen MR) is 205 cm³/mol. The van der Waals surface area contributed by atoms with Crippen molar-refractivity contribution >= 4 is 38.6 Å². The summed E-state index contributed by atoms with van der Waals surface area (Å²) in [6.07, 6.45) is 0. The van der Waals surface area contributed by atoms with Gasteiger partial charge in [0.25, 0.3) is 0 Å². The first-order valence-electron chi connectivity index (χ1n) is 16.8. The van der Waals surface area contributed by atoms with E-state index in [1.165, 1.54) is 71.7 Å². The highest BCUT2D eigenvalue weighted by atomic mass is 15.1. The van der Waals surface area contributed by atoms with E-state index >= 15 is 0 Å². The van der Waals surface area contributed by atoms with Crippen LogP contribution in [0, 0.1) is 0 Å². The topological polar surface area (TPSA) is 3.24 Å². The van der Waals surface area contributed by atoms with Crippen LogP contribution in [-0.2, 0) is 5.41 Å². The number of benzene rings is 8. The Morgan fingerprint density at radius 1 is 0.417 bits per heavy atom. The molecular weight excluding hydrogens is 579 g/mol. The lowest BCUT2D eigenvalue weighted by Gasteiger charge is -2.34. The highest BCUT2D eigenvalue weighted by Crippen LogP contribution is 2.55. The smallest absolute Gasteiger partial charge is 0.0546 e. The first-order valence-corrected chi connectivity index (χ1v) is 16.8. The Morgan fingerprint density at radius 3 is 1.94 bits per heavy atom. The number of fused-ring (bicyclic) bond motifs is 5. The van der Waals surface area contributed by atoms with Crippen LogP contribution in [-0.4, -0.2) is 0 Å². The Kier molecular flexibility index (Phi) is 6.55. The Morgan fingerprint density at radius 2 is 1.06 bits per heavy atom. The monoisotopic (exact) mass is 613 g/mol. The second-order valence-electron chi connectivity index (χ2n) is 13.4. The third-order valence-electron chi connectivity index (χ3n) is 10.2. The molecule has 0 unspecified atom stereocenters. The lowest BCUT2D eigenvalue weighted by Crippen LogP contribution is -2.21. The molecule has 0 fully saturated rings. The molecule has 0 aliphatic heterocycles. The predicted octanol–water partition coefficient (Wildman–Crippen LogP) is 13.1.